The molecule has 2 N–H and O–H groups in total. The van der Waals surface area contributed by atoms with Crippen molar-refractivity contribution in [3.05, 3.63) is 15.5 Å². The summed E-state index contributed by atoms with van der Waals surface area (Å²) in [6.07, 6.45) is 1.70. The van der Waals surface area contributed by atoms with Crippen molar-refractivity contribution < 1.29 is 9.90 Å². The van der Waals surface area contributed by atoms with Gasteiger partial charge in [0.2, 0.25) is 0 Å². The lowest BCUT2D eigenvalue weighted by Crippen LogP contribution is -2.54. The fourth-order valence-corrected chi connectivity index (χ4v) is 2.74. The number of nitrogens with zero attached hydrogens (tertiary/aromatic N) is 2. The number of rotatable bonds is 3. The number of nitrogens with one attached hydrogen (secondary N) is 1. The largest absolute Gasteiger partial charge is 0.480 e. The Bertz CT molecular complexity index is 385. The molecule has 7 heteroatoms. The van der Waals surface area contributed by atoms with Crippen molar-refractivity contribution in [1.82, 2.24) is 15.2 Å². The minimum absolute atomic E-state index is 0.463. The van der Waals surface area contributed by atoms with Gasteiger partial charge in [-0.25, -0.2) is 4.98 Å². The molecule has 1 aliphatic rings. The van der Waals surface area contributed by atoms with Crippen molar-refractivity contribution in [3.8, 4) is 0 Å². The molecule has 0 aromatic carbocycles. The van der Waals surface area contributed by atoms with E-state index in [9.17, 15) is 4.79 Å². The predicted molar refractivity (Wildman–Crippen MR) is 61.8 cm³/mol. The van der Waals surface area contributed by atoms with Gasteiger partial charge in [0.1, 0.15) is 6.04 Å². The Morgan fingerprint density at radius 3 is 3.25 bits per heavy atom. The third kappa shape index (κ3) is 2.70. The molecule has 0 unspecified atom stereocenters. The maximum Gasteiger partial charge on any atom is 0.322 e. The second-order valence-corrected chi connectivity index (χ2v) is 5.31. The second kappa shape index (κ2) is 5.09. The smallest absolute Gasteiger partial charge is 0.322 e. The SMILES string of the molecule is O=C(O)[C@@H]1CNCCN1Cc1cnc(Cl)s1. The molecule has 1 fully saturated rings. The highest BCUT2D eigenvalue weighted by molar-refractivity contribution is 7.15. The van der Waals surface area contributed by atoms with Crippen molar-refractivity contribution in [3.63, 3.8) is 0 Å². The normalized spacial score (nSPS) is 22.2. The van der Waals surface area contributed by atoms with Gasteiger partial charge in [0.25, 0.3) is 0 Å². The topological polar surface area (TPSA) is 65.5 Å². The van der Waals surface area contributed by atoms with Crippen molar-refractivity contribution in [2.45, 2.75) is 12.6 Å². The van der Waals surface area contributed by atoms with E-state index in [0.29, 0.717) is 17.6 Å². The van der Waals surface area contributed by atoms with E-state index in [2.05, 4.69) is 10.3 Å². The van der Waals surface area contributed by atoms with Gasteiger partial charge in [0.15, 0.2) is 4.47 Å². The molecule has 16 heavy (non-hydrogen) atoms. The highest BCUT2D eigenvalue weighted by Gasteiger charge is 2.28. The predicted octanol–water partition coefficient (Wildman–Crippen LogP) is 0.655. The summed E-state index contributed by atoms with van der Waals surface area (Å²) in [5.74, 6) is -0.789. The molecule has 0 radical (unpaired) electrons. The molecule has 0 saturated carbocycles. The molecule has 2 rings (SSSR count). The van der Waals surface area contributed by atoms with Crippen LogP contribution in [0.5, 0.6) is 0 Å². The number of piperazine rings is 1. The highest BCUT2D eigenvalue weighted by Crippen LogP contribution is 2.20. The zero-order valence-corrected chi connectivity index (χ0v) is 10.1. The second-order valence-electron chi connectivity index (χ2n) is 3.61. The first-order chi connectivity index (χ1) is 7.66. The molecule has 88 valence electrons. The summed E-state index contributed by atoms with van der Waals surface area (Å²) >= 11 is 7.13. The maximum atomic E-state index is 11.0. The zero-order valence-electron chi connectivity index (χ0n) is 8.52. The van der Waals surface area contributed by atoms with Crippen LogP contribution < -0.4 is 5.32 Å². The van der Waals surface area contributed by atoms with Crippen LogP contribution in [0, 0.1) is 0 Å². The minimum atomic E-state index is -0.789. The highest BCUT2D eigenvalue weighted by atomic mass is 35.5. The summed E-state index contributed by atoms with van der Waals surface area (Å²) in [6, 6.07) is -0.463. The Hall–Kier alpha value is -0.690. The van der Waals surface area contributed by atoms with Gasteiger partial charge in [-0.3, -0.25) is 9.69 Å². The molecule has 0 spiro atoms. The Kier molecular flexibility index (Phi) is 3.75. The molecule has 1 aromatic heterocycles. The van der Waals surface area contributed by atoms with Crippen LogP contribution in [0.2, 0.25) is 4.47 Å². The Labute approximate surface area is 102 Å². The molecule has 0 bridgehead atoms. The van der Waals surface area contributed by atoms with Crippen molar-refractivity contribution in [2.24, 2.45) is 0 Å². The number of carbonyl (C=O) groups is 1. The van der Waals surface area contributed by atoms with Crippen LogP contribution >= 0.6 is 22.9 Å². The van der Waals surface area contributed by atoms with E-state index in [0.717, 1.165) is 18.0 Å². The number of hydrogen-bond acceptors (Lipinski definition) is 5. The molecule has 0 amide bonds. The van der Waals surface area contributed by atoms with Crippen molar-refractivity contribution in [1.29, 1.82) is 0 Å². The quantitative estimate of drug-likeness (QED) is 0.837. The van der Waals surface area contributed by atoms with Gasteiger partial charge in [0.05, 0.1) is 0 Å². The summed E-state index contributed by atoms with van der Waals surface area (Å²) in [6.45, 7) is 2.63. The van der Waals surface area contributed by atoms with Crippen LogP contribution in [-0.4, -0.2) is 46.6 Å². The van der Waals surface area contributed by atoms with Crippen LogP contribution in [0.4, 0.5) is 0 Å². The molecular weight excluding hydrogens is 250 g/mol. The first kappa shape index (κ1) is 11.8. The van der Waals surface area contributed by atoms with Crippen molar-refractivity contribution in [2.75, 3.05) is 19.6 Å². The maximum absolute atomic E-state index is 11.0. The Morgan fingerprint density at radius 1 is 1.81 bits per heavy atom. The summed E-state index contributed by atoms with van der Waals surface area (Å²) in [4.78, 5) is 17.9. The number of hydrogen-bond donors (Lipinski definition) is 2. The fourth-order valence-electron chi connectivity index (χ4n) is 1.74. The van der Waals surface area contributed by atoms with Gasteiger partial charge in [0, 0.05) is 37.3 Å². The monoisotopic (exact) mass is 261 g/mol. The van der Waals surface area contributed by atoms with Gasteiger partial charge in [-0.2, -0.15) is 0 Å². The van der Waals surface area contributed by atoms with Crippen molar-refractivity contribution >= 4 is 28.9 Å². The van der Waals surface area contributed by atoms with E-state index in [1.807, 2.05) is 4.90 Å². The van der Waals surface area contributed by atoms with Crippen LogP contribution in [0.25, 0.3) is 0 Å². The standard InChI is InChI=1S/C9H12ClN3O2S/c10-9-12-3-6(16-9)5-13-2-1-11-4-7(13)8(14)15/h3,7,11H,1-2,4-5H2,(H,14,15)/t7-/m0/s1. The summed E-state index contributed by atoms with van der Waals surface area (Å²) < 4.78 is 0.497. The van der Waals surface area contributed by atoms with Crippen LogP contribution in [0.15, 0.2) is 6.20 Å². The van der Waals surface area contributed by atoms with E-state index >= 15 is 0 Å². The third-order valence-corrected chi connectivity index (χ3v) is 3.62. The van der Waals surface area contributed by atoms with Crippen LogP contribution in [0.1, 0.15) is 4.88 Å². The van der Waals surface area contributed by atoms with E-state index in [4.69, 9.17) is 16.7 Å². The molecule has 1 aromatic rings. The number of halogens is 1. The lowest BCUT2D eigenvalue weighted by atomic mass is 10.2. The Balaban J connectivity index is 2.03. The molecular formula is C9H12ClN3O2S. The summed E-state index contributed by atoms with van der Waals surface area (Å²) in [5, 5.41) is 12.1. The molecule has 1 atom stereocenters. The average molecular weight is 262 g/mol. The average Bonchev–Trinajstić information content (AvgIpc) is 2.64. The molecule has 1 aliphatic heterocycles. The van der Waals surface area contributed by atoms with Gasteiger partial charge in [-0.1, -0.05) is 11.6 Å². The summed E-state index contributed by atoms with van der Waals surface area (Å²) in [5.41, 5.74) is 0. The van der Waals surface area contributed by atoms with Gasteiger partial charge in [-0.05, 0) is 0 Å². The van der Waals surface area contributed by atoms with Gasteiger partial charge >= 0.3 is 5.97 Å². The lowest BCUT2D eigenvalue weighted by molar-refractivity contribution is -0.144. The first-order valence-electron chi connectivity index (χ1n) is 4.94. The van der Waals surface area contributed by atoms with Crippen LogP contribution in [-0.2, 0) is 11.3 Å². The molecule has 2 heterocycles. The van der Waals surface area contributed by atoms with Crippen LogP contribution in [0.3, 0.4) is 0 Å². The number of aromatic nitrogens is 1. The Morgan fingerprint density at radius 2 is 2.62 bits per heavy atom. The van der Waals surface area contributed by atoms with E-state index in [1.165, 1.54) is 11.3 Å². The third-order valence-electron chi connectivity index (χ3n) is 2.52. The molecule has 1 saturated heterocycles. The van der Waals surface area contributed by atoms with Gasteiger partial charge in [-0.15, -0.1) is 11.3 Å². The van der Waals surface area contributed by atoms with E-state index < -0.39 is 12.0 Å². The lowest BCUT2D eigenvalue weighted by Gasteiger charge is -2.32. The fraction of sp³-hybridized carbons (Fsp3) is 0.556. The number of aliphatic carboxylic acids is 1. The van der Waals surface area contributed by atoms with E-state index in [-0.39, 0.29) is 0 Å². The first-order valence-corrected chi connectivity index (χ1v) is 6.14. The molecule has 0 aliphatic carbocycles. The van der Waals surface area contributed by atoms with Gasteiger partial charge < -0.3 is 10.4 Å². The number of thiazole rings is 1. The minimum Gasteiger partial charge on any atom is -0.480 e. The number of carboxylic acid groups (broad SMARTS) is 1. The summed E-state index contributed by atoms with van der Waals surface area (Å²) in [7, 11) is 0. The zero-order chi connectivity index (χ0) is 11.5. The van der Waals surface area contributed by atoms with E-state index in [1.54, 1.807) is 6.20 Å². The molecule has 5 nitrogen and oxygen atoms in total. The number of carboxylic acids is 1.